The van der Waals surface area contributed by atoms with E-state index in [0.717, 1.165) is 16.9 Å². The van der Waals surface area contributed by atoms with Crippen molar-refractivity contribution in [2.24, 2.45) is 0 Å². The normalized spacial score (nSPS) is 11.1. The molecule has 6 heteroatoms. The van der Waals surface area contributed by atoms with Crippen LogP contribution in [0.1, 0.15) is 41.5 Å². The van der Waals surface area contributed by atoms with Crippen molar-refractivity contribution in [1.82, 2.24) is 19.7 Å². The van der Waals surface area contributed by atoms with Gasteiger partial charge >= 0.3 is 0 Å². The Hall–Kier alpha value is -3.54. The summed E-state index contributed by atoms with van der Waals surface area (Å²) < 4.78 is 1.81. The lowest BCUT2D eigenvalue weighted by Gasteiger charge is -2.08. The molecule has 6 nitrogen and oxygen atoms in total. The molecule has 0 aliphatic carbocycles. The van der Waals surface area contributed by atoms with E-state index in [1.54, 1.807) is 0 Å². The highest BCUT2D eigenvalue weighted by atomic mass is 16.2. The average molecular weight is 371 g/mol. The Balaban J connectivity index is 1.56. The Kier molecular flexibility index (Phi) is 4.61. The minimum atomic E-state index is -0.335. The summed E-state index contributed by atoms with van der Waals surface area (Å²) in [5.41, 5.74) is 4.85. The molecule has 4 aromatic rings. The van der Waals surface area contributed by atoms with Crippen molar-refractivity contribution in [1.29, 1.82) is 0 Å². The third kappa shape index (κ3) is 3.49. The van der Waals surface area contributed by atoms with Gasteiger partial charge in [0.25, 0.3) is 5.91 Å². The van der Waals surface area contributed by atoms with Crippen LogP contribution in [0.5, 0.6) is 0 Å². The molecule has 0 atom stereocenters. The Morgan fingerprint density at radius 3 is 2.46 bits per heavy atom. The lowest BCUT2D eigenvalue weighted by atomic mass is 10.0. The van der Waals surface area contributed by atoms with Crippen molar-refractivity contribution in [3.8, 4) is 5.69 Å². The number of nitrogens with one attached hydrogen (secondary N) is 1. The topological polar surface area (TPSA) is 72.7 Å². The number of rotatable bonds is 4. The predicted molar refractivity (Wildman–Crippen MR) is 110 cm³/mol. The summed E-state index contributed by atoms with van der Waals surface area (Å²) in [6, 6.07) is 17.6. The van der Waals surface area contributed by atoms with E-state index in [9.17, 15) is 4.79 Å². The quantitative estimate of drug-likeness (QED) is 0.573. The fourth-order valence-electron chi connectivity index (χ4n) is 3.04. The molecule has 4 rings (SSSR count). The molecule has 0 radical (unpaired) electrons. The van der Waals surface area contributed by atoms with Crippen LogP contribution in [-0.2, 0) is 0 Å². The molecule has 2 aromatic carbocycles. The maximum atomic E-state index is 12.6. The number of aromatic nitrogens is 4. The average Bonchev–Trinajstić information content (AvgIpc) is 3.07. The van der Waals surface area contributed by atoms with Crippen LogP contribution in [-0.4, -0.2) is 25.7 Å². The minimum absolute atomic E-state index is 0.257. The second-order valence-electron chi connectivity index (χ2n) is 7.03. The first-order valence-corrected chi connectivity index (χ1v) is 9.21. The van der Waals surface area contributed by atoms with Crippen LogP contribution in [0, 0.1) is 6.92 Å². The van der Waals surface area contributed by atoms with Gasteiger partial charge in [0.05, 0.1) is 22.9 Å². The van der Waals surface area contributed by atoms with E-state index >= 15 is 0 Å². The third-order valence-corrected chi connectivity index (χ3v) is 4.61. The Bertz CT molecular complexity index is 1150. The molecule has 140 valence electrons. The molecule has 0 fully saturated rings. The summed E-state index contributed by atoms with van der Waals surface area (Å²) in [5.74, 6) is 0.620. The number of para-hydroxylation sites is 2. The predicted octanol–water partition coefficient (Wildman–Crippen LogP) is 4.50. The lowest BCUT2D eigenvalue weighted by molar-refractivity contribution is 0.102. The molecule has 28 heavy (non-hydrogen) atoms. The van der Waals surface area contributed by atoms with E-state index in [1.807, 2.05) is 54.1 Å². The first kappa shape index (κ1) is 17.9. The smallest absolute Gasteiger partial charge is 0.277 e. The van der Waals surface area contributed by atoms with Gasteiger partial charge in [0.15, 0.2) is 5.82 Å². The van der Waals surface area contributed by atoms with Crippen LogP contribution in [0.3, 0.4) is 0 Å². The van der Waals surface area contributed by atoms with Crippen LogP contribution in [0.2, 0.25) is 0 Å². The van der Waals surface area contributed by atoms with Crippen LogP contribution in [0.4, 0.5) is 5.82 Å². The number of hydrogen-bond acceptors (Lipinski definition) is 4. The number of nitrogens with zero attached hydrogens (tertiary/aromatic N) is 4. The van der Waals surface area contributed by atoms with E-state index in [4.69, 9.17) is 0 Å². The van der Waals surface area contributed by atoms with Crippen LogP contribution in [0.25, 0.3) is 16.7 Å². The third-order valence-electron chi connectivity index (χ3n) is 4.61. The Morgan fingerprint density at radius 1 is 1.04 bits per heavy atom. The monoisotopic (exact) mass is 371 g/mol. The largest absolute Gasteiger partial charge is 0.304 e. The number of anilines is 1. The first-order valence-electron chi connectivity index (χ1n) is 9.21. The molecule has 0 aliphatic heterocycles. The maximum Gasteiger partial charge on any atom is 0.277 e. The number of hydrogen-bond donors (Lipinski definition) is 1. The molecule has 2 aromatic heterocycles. The van der Waals surface area contributed by atoms with Gasteiger partial charge in [-0.25, -0.2) is 9.67 Å². The van der Waals surface area contributed by atoms with E-state index in [0.29, 0.717) is 17.3 Å². The number of amides is 1. The molecule has 0 unspecified atom stereocenters. The van der Waals surface area contributed by atoms with Gasteiger partial charge in [-0.1, -0.05) is 38.1 Å². The van der Waals surface area contributed by atoms with Crippen molar-refractivity contribution in [3.63, 3.8) is 0 Å². The molecular formula is C22H21N5O. The standard InChI is InChI=1S/C22H21N5O/c1-14(2)16-8-10-17(11-9-16)27-15(3)12-21(26-27)25-22(28)20-13-23-18-6-4-5-7-19(18)24-20/h4-14H,1-3H3,(H,25,26,28). The Morgan fingerprint density at radius 2 is 1.75 bits per heavy atom. The maximum absolute atomic E-state index is 12.6. The van der Waals surface area contributed by atoms with Gasteiger partial charge in [-0.05, 0) is 42.7 Å². The Labute approximate surface area is 163 Å². The van der Waals surface area contributed by atoms with E-state index < -0.39 is 0 Å². The van der Waals surface area contributed by atoms with Crippen LogP contribution in [0.15, 0.2) is 60.8 Å². The molecule has 0 saturated heterocycles. The highest BCUT2D eigenvalue weighted by Crippen LogP contribution is 2.19. The molecule has 0 spiro atoms. The molecule has 0 aliphatic rings. The minimum Gasteiger partial charge on any atom is -0.304 e. The summed E-state index contributed by atoms with van der Waals surface area (Å²) in [5, 5.41) is 7.33. The number of benzene rings is 2. The molecule has 1 N–H and O–H groups in total. The number of carbonyl (C=O) groups excluding carboxylic acids is 1. The number of fused-ring (bicyclic) bond motifs is 1. The molecular weight excluding hydrogens is 350 g/mol. The zero-order valence-corrected chi connectivity index (χ0v) is 16.0. The highest BCUT2D eigenvalue weighted by Gasteiger charge is 2.13. The second kappa shape index (κ2) is 7.23. The van der Waals surface area contributed by atoms with Crippen molar-refractivity contribution in [3.05, 3.63) is 77.7 Å². The van der Waals surface area contributed by atoms with Gasteiger partial charge in [-0.3, -0.25) is 9.78 Å². The van der Waals surface area contributed by atoms with Gasteiger partial charge in [-0.15, -0.1) is 5.10 Å². The zero-order valence-electron chi connectivity index (χ0n) is 16.0. The van der Waals surface area contributed by atoms with Crippen LogP contribution < -0.4 is 5.32 Å². The molecule has 0 bridgehead atoms. The summed E-state index contributed by atoms with van der Waals surface area (Å²) in [6.07, 6.45) is 1.48. The fourth-order valence-corrected chi connectivity index (χ4v) is 3.04. The molecule has 2 heterocycles. The van der Waals surface area contributed by atoms with Gasteiger partial charge in [0.1, 0.15) is 5.69 Å². The molecule has 0 saturated carbocycles. The number of aryl methyl sites for hydroxylation is 1. The summed E-state index contributed by atoms with van der Waals surface area (Å²) in [7, 11) is 0. The highest BCUT2D eigenvalue weighted by molar-refractivity contribution is 6.03. The SMILES string of the molecule is Cc1cc(NC(=O)c2cnc3ccccc3n2)nn1-c1ccc(C(C)C)cc1. The molecule has 1 amide bonds. The number of carbonyl (C=O) groups is 1. The van der Waals surface area contributed by atoms with E-state index in [2.05, 4.69) is 46.4 Å². The van der Waals surface area contributed by atoms with Crippen LogP contribution >= 0.6 is 0 Å². The summed E-state index contributed by atoms with van der Waals surface area (Å²) in [6.45, 7) is 6.28. The lowest BCUT2D eigenvalue weighted by Crippen LogP contribution is -2.14. The summed E-state index contributed by atoms with van der Waals surface area (Å²) in [4.78, 5) is 21.2. The van der Waals surface area contributed by atoms with Gasteiger partial charge in [0, 0.05) is 11.8 Å². The van der Waals surface area contributed by atoms with Gasteiger partial charge in [0.2, 0.25) is 0 Å². The first-order chi connectivity index (χ1) is 13.5. The fraction of sp³-hybridized carbons (Fsp3) is 0.182. The van der Waals surface area contributed by atoms with E-state index in [-0.39, 0.29) is 11.6 Å². The van der Waals surface area contributed by atoms with Crippen molar-refractivity contribution in [2.75, 3.05) is 5.32 Å². The van der Waals surface area contributed by atoms with Gasteiger partial charge < -0.3 is 5.32 Å². The van der Waals surface area contributed by atoms with Crippen molar-refractivity contribution in [2.45, 2.75) is 26.7 Å². The summed E-state index contributed by atoms with van der Waals surface area (Å²) >= 11 is 0. The van der Waals surface area contributed by atoms with E-state index in [1.165, 1.54) is 11.8 Å². The second-order valence-corrected chi connectivity index (χ2v) is 7.03. The van der Waals surface area contributed by atoms with Crippen molar-refractivity contribution >= 4 is 22.8 Å². The van der Waals surface area contributed by atoms with Crippen molar-refractivity contribution < 1.29 is 4.79 Å². The van der Waals surface area contributed by atoms with Gasteiger partial charge in [-0.2, -0.15) is 0 Å². The zero-order chi connectivity index (χ0) is 19.7.